The quantitative estimate of drug-likeness (QED) is 0.799. The fourth-order valence-corrected chi connectivity index (χ4v) is 1.68. The average Bonchev–Trinajstić information content (AvgIpc) is 2.20. The lowest BCUT2D eigenvalue weighted by Gasteiger charge is -2.17. The molecule has 0 heterocycles. The van der Waals surface area contributed by atoms with Crippen molar-refractivity contribution in [3.8, 4) is 0 Å². The van der Waals surface area contributed by atoms with E-state index in [1.54, 1.807) is 0 Å². The molecule has 2 heteroatoms. The molecular formula is C13H21NO. The fourth-order valence-electron chi connectivity index (χ4n) is 1.68. The molecule has 0 spiro atoms. The van der Waals surface area contributed by atoms with E-state index in [9.17, 15) is 0 Å². The maximum atomic E-state index is 8.75. The van der Waals surface area contributed by atoms with E-state index in [2.05, 4.69) is 44.0 Å². The Balaban J connectivity index is 2.59. The van der Waals surface area contributed by atoms with Crippen LogP contribution in [0.25, 0.3) is 0 Å². The van der Waals surface area contributed by atoms with Gasteiger partial charge in [-0.1, -0.05) is 23.8 Å². The van der Waals surface area contributed by atoms with Crippen LogP contribution in [0, 0.1) is 13.8 Å². The fraction of sp³-hybridized carbons (Fsp3) is 0.538. The Labute approximate surface area is 92.5 Å². The lowest BCUT2D eigenvalue weighted by molar-refractivity contribution is 0.244. The van der Waals surface area contributed by atoms with Crippen LogP contribution in [0.15, 0.2) is 18.2 Å². The minimum absolute atomic E-state index is 0.275. The lowest BCUT2D eigenvalue weighted by Crippen LogP contribution is -2.20. The van der Waals surface area contributed by atoms with Crippen LogP contribution in [-0.2, 0) is 6.54 Å². The summed E-state index contributed by atoms with van der Waals surface area (Å²) in [7, 11) is 2.09. The first-order chi connectivity index (χ1) is 7.13. The highest BCUT2D eigenvalue weighted by atomic mass is 16.3. The molecule has 1 N–H and O–H groups in total. The molecule has 0 saturated carbocycles. The molecule has 0 radical (unpaired) electrons. The molecule has 0 aliphatic rings. The van der Waals surface area contributed by atoms with Gasteiger partial charge < -0.3 is 10.0 Å². The van der Waals surface area contributed by atoms with Gasteiger partial charge in [-0.3, -0.25) is 0 Å². The average molecular weight is 207 g/mol. The Morgan fingerprint density at radius 2 is 2.00 bits per heavy atom. The minimum Gasteiger partial charge on any atom is -0.396 e. The Bertz CT molecular complexity index is 309. The molecule has 1 aromatic carbocycles. The second-order valence-electron chi connectivity index (χ2n) is 4.24. The van der Waals surface area contributed by atoms with Crippen molar-refractivity contribution >= 4 is 0 Å². The van der Waals surface area contributed by atoms with Crippen LogP contribution in [0.3, 0.4) is 0 Å². The number of aliphatic hydroxyl groups excluding tert-OH is 1. The second kappa shape index (κ2) is 5.89. The number of hydrogen-bond donors (Lipinski definition) is 1. The largest absolute Gasteiger partial charge is 0.396 e. The summed E-state index contributed by atoms with van der Waals surface area (Å²) in [6.07, 6.45) is 0.849. The number of rotatable bonds is 5. The minimum atomic E-state index is 0.275. The summed E-state index contributed by atoms with van der Waals surface area (Å²) in [5.74, 6) is 0. The molecule has 0 aromatic heterocycles. The standard InChI is InChI=1S/C13H21NO/c1-11-5-6-12(2)13(9-11)10-14(3)7-4-8-15/h5-6,9,15H,4,7-8,10H2,1-3H3. The van der Waals surface area contributed by atoms with Crippen LogP contribution in [0.5, 0.6) is 0 Å². The molecule has 0 fully saturated rings. The normalized spacial score (nSPS) is 11.0. The van der Waals surface area contributed by atoms with Gasteiger partial charge in [0.05, 0.1) is 0 Å². The zero-order valence-corrected chi connectivity index (χ0v) is 9.95. The summed E-state index contributed by atoms with van der Waals surface area (Å²) in [5.41, 5.74) is 4.04. The van der Waals surface area contributed by atoms with Crippen LogP contribution in [0.4, 0.5) is 0 Å². The summed E-state index contributed by atoms with van der Waals surface area (Å²) in [5, 5.41) is 8.75. The molecule has 0 aliphatic carbocycles. The first kappa shape index (κ1) is 12.2. The van der Waals surface area contributed by atoms with Crippen molar-refractivity contribution in [3.05, 3.63) is 34.9 Å². The number of aliphatic hydroxyl groups is 1. The number of hydrogen-bond acceptors (Lipinski definition) is 2. The summed E-state index contributed by atoms with van der Waals surface area (Å²) < 4.78 is 0. The molecule has 0 unspecified atom stereocenters. The molecular weight excluding hydrogens is 186 g/mol. The van der Waals surface area contributed by atoms with Gasteiger partial charge >= 0.3 is 0 Å². The molecule has 0 bridgehead atoms. The zero-order chi connectivity index (χ0) is 11.3. The van der Waals surface area contributed by atoms with E-state index in [1.807, 2.05) is 0 Å². The third-order valence-electron chi connectivity index (χ3n) is 2.64. The third kappa shape index (κ3) is 4.02. The topological polar surface area (TPSA) is 23.5 Å². The molecule has 0 atom stereocenters. The molecule has 0 saturated heterocycles. The molecule has 2 nitrogen and oxygen atoms in total. The monoisotopic (exact) mass is 207 g/mol. The highest BCUT2D eigenvalue weighted by molar-refractivity contribution is 5.30. The van der Waals surface area contributed by atoms with E-state index in [4.69, 9.17) is 5.11 Å². The molecule has 1 aromatic rings. The summed E-state index contributed by atoms with van der Waals surface area (Å²) in [6, 6.07) is 6.56. The smallest absolute Gasteiger partial charge is 0.0443 e. The first-order valence-corrected chi connectivity index (χ1v) is 5.49. The maximum absolute atomic E-state index is 8.75. The predicted molar refractivity (Wildman–Crippen MR) is 64.0 cm³/mol. The second-order valence-corrected chi connectivity index (χ2v) is 4.24. The number of benzene rings is 1. The van der Waals surface area contributed by atoms with Crippen LogP contribution in [0.1, 0.15) is 23.1 Å². The molecule has 15 heavy (non-hydrogen) atoms. The zero-order valence-electron chi connectivity index (χ0n) is 9.95. The van der Waals surface area contributed by atoms with Crippen molar-refractivity contribution in [1.29, 1.82) is 0 Å². The Hall–Kier alpha value is -0.860. The van der Waals surface area contributed by atoms with Gasteiger partial charge in [0.15, 0.2) is 0 Å². The van der Waals surface area contributed by atoms with E-state index >= 15 is 0 Å². The van der Waals surface area contributed by atoms with Crippen molar-refractivity contribution in [2.45, 2.75) is 26.8 Å². The first-order valence-electron chi connectivity index (χ1n) is 5.49. The molecule has 0 amide bonds. The molecule has 84 valence electrons. The highest BCUT2D eigenvalue weighted by Gasteiger charge is 2.03. The third-order valence-corrected chi connectivity index (χ3v) is 2.64. The summed E-state index contributed by atoms with van der Waals surface area (Å²) >= 11 is 0. The van der Waals surface area contributed by atoms with Gasteiger partial charge in [0.2, 0.25) is 0 Å². The van der Waals surface area contributed by atoms with Crippen molar-refractivity contribution in [3.63, 3.8) is 0 Å². The Morgan fingerprint density at radius 1 is 1.27 bits per heavy atom. The highest BCUT2D eigenvalue weighted by Crippen LogP contribution is 2.12. The Morgan fingerprint density at radius 3 is 2.67 bits per heavy atom. The SMILES string of the molecule is Cc1ccc(C)c(CN(C)CCCO)c1. The summed E-state index contributed by atoms with van der Waals surface area (Å²) in [6.45, 7) is 6.46. The number of nitrogens with zero attached hydrogens (tertiary/aromatic N) is 1. The van der Waals surface area contributed by atoms with E-state index < -0.39 is 0 Å². The maximum Gasteiger partial charge on any atom is 0.0443 e. The molecule has 1 rings (SSSR count). The lowest BCUT2D eigenvalue weighted by atomic mass is 10.1. The van der Waals surface area contributed by atoms with E-state index in [0.29, 0.717) is 0 Å². The van der Waals surface area contributed by atoms with Crippen molar-refractivity contribution in [1.82, 2.24) is 4.90 Å². The van der Waals surface area contributed by atoms with Crippen LogP contribution in [0.2, 0.25) is 0 Å². The van der Waals surface area contributed by atoms with Gasteiger partial charge in [0.1, 0.15) is 0 Å². The van der Waals surface area contributed by atoms with Crippen LogP contribution < -0.4 is 0 Å². The number of aryl methyl sites for hydroxylation is 2. The van der Waals surface area contributed by atoms with Gasteiger partial charge in [0.25, 0.3) is 0 Å². The van der Waals surface area contributed by atoms with Gasteiger partial charge in [-0.15, -0.1) is 0 Å². The van der Waals surface area contributed by atoms with E-state index in [0.717, 1.165) is 19.5 Å². The van der Waals surface area contributed by atoms with Crippen LogP contribution >= 0.6 is 0 Å². The summed E-state index contributed by atoms with van der Waals surface area (Å²) in [4.78, 5) is 2.25. The van der Waals surface area contributed by atoms with Crippen molar-refractivity contribution in [2.75, 3.05) is 20.2 Å². The van der Waals surface area contributed by atoms with Gasteiger partial charge in [0, 0.05) is 19.7 Å². The van der Waals surface area contributed by atoms with Crippen LogP contribution in [-0.4, -0.2) is 30.2 Å². The van der Waals surface area contributed by atoms with Gasteiger partial charge in [-0.2, -0.15) is 0 Å². The van der Waals surface area contributed by atoms with E-state index in [-0.39, 0.29) is 6.61 Å². The predicted octanol–water partition coefficient (Wildman–Crippen LogP) is 2.12. The van der Waals surface area contributed by atoms with Gasteiger partial charge in [-0.05, 0) is 38.4 Å². The van der Waals surface area contributed by atoms with Gasteiger partial charge in [-0.25, -0.2) is 0 Å². The van der Waals surface area contributed by atoms with Crippen molar-refractivity contribution < 1.29 is 5.11 Å². The molecule has 0 aliphatic heterocycles. The Kier molecular flexibility index (Phi) is 4.79. The van der Waals surface area contributed by atoms with Crippen molar-refractivity contribution in [2.24, 2.45) is 0 Å². The van der Waals surface area contributed by atoms with E-state index in [1.165, 1.54) is 16.7 Å².